The van der Waals surface area contributed by atoms with E-state index in [2.05, 4.69) is 39.0 Å². The summed E-state index contributed by atoms with van der Waals surface area (Å²) < 4.78 is 0. The third kappa shape index (κ3) is 1.47. The molecule has 0 radical (unpaired) electrons. The SMILES string of the molecule is Cc1cccc(C)c1C1(C)CCCC1. The van der Waals surface area contributed by atoms with Gasteiger partial charge in [0.15, 0.2) is 0 Å². The quantitative estimate of drug-likeness (QED) is 0.621. The molecule has 0 amide bonds. The Labute approximate surface area is 87.3 Å². The topological polar surface area (TPSA) is 0 Å². The van der Waals surface area contributed by atoms with Gasteiger partial charge in [-0.15, -0.1) is 0 Å². The number of rotatable bonds is 1. The third-order valence-electron chi connectivity index (χ3n) is 3.79. The van der Waals surface area contributed by atoms with Gasteiger partial charge in [-0.05, 0) is 48.8 Å². The van der Waals surface area contributed by atoms with Crippen LogP contribution in [-0.2, 0) is 5.41 Å². The van der Waals surface area contributed by atoms with Crippen LogP contribution in [0.15, 0.2) is 18.2 Å². The van der Waals surface area contributed by atoms with Crippen LogP contribution in [0.1, 0.15) is 49.3 Å². The second-order valence-corrected chi connectivity index (χ2v) is 5.03. The molecule has 0 heterocycles. The van der Waals surface area contributed by atoms with E-state index in [9.17, 15) is 0 Å². The van der Waals surface area contributed by atoms with E-state index in [1.54, 1.807) is 5.56 Å². The molecule has 1 fully saturated rings. The summed E-state index contributed by atoms with van der Waals surface area (Å²) >= 11 is 0. The van der Waals surface area contributed by atoms with Crippen LogP contribution in [0.25, 0.3) is 0 Å². The van der Waals surface area contributed by atoms with Gasteiger partial charge in [-0.25, -0.2) is 0 Å². The number of hydrogen-bond acceptors (Lipinski definition) is 0. The van der Waals surface area contributed by atoms with Gasteiger partial charge in [0.05, 0.1) is 0 Å². The molecule has 0 aromatic heterocycles. The minimum atomic E-state index is 0.468. The Bertz CT molecular complexity index is 310. The Morgan fingerprint density at radius 1 is 1.00 bits per heavy atom. The maximum atomic E-state index is 2.44. The summed E-state index contributed by atoms with van der Waals surface area (Å²) in [5.74, 6) is 0. The van der Waals surface area contributed by atoms with E-state index in [1.165, 1.54) is 36.8 Å². The molecule has 1 aliphatic rings. The molecule has 0 nitrogen and oxygen atoms in total. The largest absolute Gasteiger partial charge is 0.0617 e. The van der Waals surface area contributed by atoms with Crippen molar-refractivity contribution in [1.29, 1.82) is 0 Å². The molecule has 0 spiro atoms. The zero-order chi connectivity index (χ0) is 10.2. The minimum Gasteiger partial charge on any atom is -0.0617 e. The molecule has 1 saturated carbocycles. The van der Waals surface area contributed by atoms with Crippen LogP contribution in [0.3, 0.4) is 0 Å². The first kappa shape index (κ1) is 9.76. The number of benzene rings is 1. The van der Waals surface area contributed by atoms with Gasteiger partial charge in [-0.1, -0.05) is 38.0 Å². The lowest BCUT2D eigenvalue weighted by molar-refractivity contribution is 0.485. The molecular weight excluding hydrogens is 168 g/mol. The van der Waals surface area contributed by atoms with Crippen LogP contribution >= 0.6 is 0 Å². The van der Waals surface area contributed by atoms with Gasteiger partial charge in [0.2, 0.25) is 0 Å². The Morgan fingerprint density at radius 2 is 1.50 bits per heavy atom. The highest BCUT2D eigenvalue weighted by Gasteiger charge is 2.32. The molecule has 1 aliphatic carbocycles. The lowest BCUT2D eigenvalue weighted by atomic mass is 9.76. The molecule has 0 saturated heterocycles. The van der Waals surface area contributed by atoms with Crippen LogP contribution in [-0.4, -0.2) is 0 Å². The van der Waals surface area contributed by atoms with Gasteiger partial charge in [0.25, 0.3) is 0 Å². The molecule has 0 atom stereocenters. The van der Waals surface area contributed by atoms with Crippen LogP contribution in [0.5, 0.6) is 0 Å². The average Bonchev–Trinajstić information content (AvgIpc) is 2.52. The van der Waals surface area contributed by atoms with E-state index in [0.29, 0.717) is 5.41 Å². The fourth-order valence-electron chi connectivity index (χ4n) is 3.17. The Hall–Kier alpha value is -0.780. The zero-order valence-electron chi connectivity index (χ0n) is 9.56. The maximum Gasteiger partial charge on any atom is -0.00700 e. The highest BCUT2D eigenvalue weighted by molar-refractivity contribution is 5.40. The molecule has 0 N–H and O–H groups in total. The predicted octanol–water partition coefficient (Wildman–Crippen LogP) is 4.14. The summed E-state index contributed by atoms with van der Waals surface area (Å²) in [6.07, 6.45) is 5.56. The Kier molecular flexibility index (Phi) is 2.38. The zero-order valence-corrected chi connectivity index (χ0v) is 9.56. The molecule has 2 rings (SSSR count). The summed E-state index contributed by atoms with van der Waals surface area (Å²) in [5.41, 5.74) is 5.05. The van der Waals surface area contributed by atoms with E-state index >= 15 is 0 Å². The van der Waals surface area contributed by atoms with Gasteiger partial charge in [-0.3, -0.25) is 0 Å². The second kappa shape index (κ2) is 3.42. The summed E-state index contributed by atoms with van der Waals surface area (Å²) in [5, 5.41) is 0. The summed E-state index contributed by atoms with van der Waals surface area (Å²) in [6, 6.07) is 6.68. The smallest absolute Gasteiger partial charge is 0.00700 e. The number of aryl methyl sites for hydroxylation is 2. The van der Waals surface area contributed by atoms with Gasteiger partial charge in [0.1, 0.15) is 0 Å². The van der Waals surface area contributed by atoms with Crippen LogP contribution in [0.4, 0.5) is 0 Å². The normalized spacial score (nSPS) is 19.9. The molecule has 0 heteroatoms. The molecule has 76 valence electrons. The van der Waals surface area contributed by atoms with Crippen molar-refractivity contribution in [3.63, 3.8) is 0 Å². The van der Waals surface area contributed by atoms with Crippen molar-refractivity contribution < 1.29 is 0 Å². The highest BCUT2D eigenvalue weighted by Crippen LogP contribution is 2.43. The van der Waals surface area contributed by atoms with Crippen molar-refractivity contribution in [3.05, 3.63) is 34.9 Å². The molecule has 0 unspecified atom stereocenters. The van der Waals surface area contributed by atoms with E-state index in [1.807, 2.05) is 0 Å². The van der Waals surface area contributed by atoms with Crippen molar-refractivity contribution in [2.24, 2.45) is 0 Å². The summed E-state index contributed by atoms with van der Waals surface area (Å²) in [6.45, 7) is 6.95. The molecule has 0 bridgehead atoms. The first-order valence-corrected chi connectivity index (χ1v) is 5.70. The molecule has 14 heavy (non-hydrogen) atoms. The lowest BCUT2D eigenvalue weighted by Crippen LogP contribution is -2.19. The Morgan fingerprint density at radius 3 is 2.00 bits per heavy atom. The molecule has 0 aliphatic heterocycles. The molecule has 1 aromatic rings. The monoisotopic (exact) mass is 188 g/mol. The maximum absolute atomic E-state index is 2.44. The van der Waals surface area contributed by atoms with Crippen molar-refractivity contribution in [2.45, 2.75) is 51.9 Å². The van der Waals surface area contributed by atoms with Gasteiger partial charge in [0, 0.05) is 0 Å². The van der Waals surface area contributed by atoms with Gasteiger partial charge >= 0.3 is 0 Å². The lowest BCUT2D eigenvalue weighted by Gasteiger charge is -2.28. The Balaban J connectivity index is 2.49. The minimum absolute atomic E-state index is 0.468. The molecule has 1 aromatic carbocycles. The van der Waals surface area contributed by atoms with E-state index in [4.69, 9.17) is 0 Å². The summed E-state index contributed by atoms with van der Waals surface area (Å²) in [4.78, 5) is 0. The van der Waals surface area contributed by atoms with E-state index < -0.39 is 0 Å². The van der Waals surface area contributed by atoms with Crippen molar-refractivity contribution in [2.75, 3.05) is 0 Å². The molecular formula is C14H20. The number of hydrogen-bond donors (Lipinski definition) is 0. The predicted molar refractivity (Wildman–Crippen MR) is 61.7 cm³/mol. The fraction of sp³-hybridized carbons (Fsp3) is 0.571. The van der Waals surface area contributed by atoms with Gasteiger partial charge < -0.3 is 0 Å². The van der Waals surface area contributed by atoms with E-state index in [-0.39, 0.29) is 0 Å². The van der Waals surface area contributed by atoms with E-state index in [0.717, 1.165) is 0 Å². The van der Waals surface area contributed by atoms with Crippen LogP contribution in [0, 0.1) is 13.8 Å². The first-order valence-electron chi connectivity index (χ1n) is 5.70. The fourth-order valence-corrected chi connectivity index (χ4v) is 3.17. The summed E-state index contributed by atoms with van der Waals surface area (Å²) in [7, 11) is 0. The van der Waals surface area contributed by atoms with Crippen molar-refractivity contribution >= 4 is 0 Å². The van der Waals surface area contributed by atoms with Crippen molar-refractivity contribution in [3.8, 4) is 0 Å². The van der Waals surface area contributed by atoms with Crippen LogP contribution < -0.4 is 0 Å². The third-order valence-corrected chi connectivity index (χ3v) is 3.79. The van der Waals surface area contributed by atoms with Crippen molar-refractivity contribution in [1.82, 2.24) is 0 Å². The highest BCUT2D eigenvalue weighted by atomic mass is 14.4. The van der Waals surface area contributed by atoms with Gasteiger partial charge in [-0.2, -0.15) is 0 Å². The average molecular weight is 188 g/mol. The standard InChI is InChI=1S/C14H20/c1-11-7-6-8-12(2)13(11)14(3)9-4-5-10-14/h6-8H,4-5,9-10H2,1-3H3. The second-order valence-electron chi connectivity index (χ2n) is 5.03. The van der Waals surface area contributed by atoms with Crippen LogP contribution in [0.2, 0.25) is 0 Å². The first-order chi connectivity index (χ1) is 6.63.